The van der Waals surface area contributed by atoms with E-state index in [1.54, 1.807) is 31.2 Å². The molecule has 0 spiro atoms. The number of amides is 1. The topological polar surface area (TPSA) is 136 Å². The summed E-state index contributed by atoms with van der Waals surface area (Å²) >= 11 is 0. The van der Waals surface area contributed by atoms with E-state index in [2.05, 4.69) is 15.1 Å². The van der Waals surface area contributed by atoms with Crippen molar-refractivity contribution in [3.8, 4) is 0 Å². The van der Waals surface area contributed by atoms with Gasteiger partial charge in [0.1, 0.15) is 6.20 Å². The first-order valence-electron chi connectivity index (χ1n) is 8.35. The monoisotopic (exact) mass is 415 g/mol. The van der Waals surface area contributed by atoms with E-state index in [4.69, 9.17) is 0 Å². The average molecular weight is 415 g/mol. The SMILES string of the molecule is Cc1ccccc1NS(=O)(=O)c1ccc(NC(=O)c2c([N+](=O)[O-])cnn2C)cc1. The Morgan fingerprint density at radius 3 is 2.41 bits per heavy atom. The summed E-state index contributed by atoms with van der Waals surface area (Å²) in [4.78, 5) is 22.7. The molecular formula is C18H17N5O5S. The van der Waals surface area contributed by atoms with Gasteiger partial charge in [0.25, 0.3) is 15.9 Å². The molecule has 0 atom stereocenters. The van der Waals surface area contributed by atoms with Crippen molar-refractivity contribution in [3.05, 3.63) is 76.1 Å². The predicted molar refractivity (Wildman–Crippen MR) is 106 cm³/mol. The second-order valence-electron chi connectivity index (χ2n) is 6.16. The summed E-state index contributed by atoms with van der Waals surface area (Å²) in [5.74, 6) is -0.731. The summed E-state index contributed by atoms with van der Waals surface area (Å²) < 4.78 is 28.7. The van der Waals surface area contributed by atoms with Crippen LogP contribution in [-0.4, -0.2) is 29.0 Å². The number of anilines is 2. The molecule has 0 unspecified atom stereocenters. The first-order chi connectivity index (χ1) is 13.7. The summed E-state index contributed by atoms with van der Waals surface area (Å²) in [7, 11) is -2.40. The molecular weight excluding hydrogens is 398 g/mol. The molecule has 2 N–H and O–H groups in total. The Bertz CT molecular complexity index is 1190. The molecule has 3 aromatic rings. The lowest BCUT2D eigenvalue weighted by Crippen LogP contribution is -2.18. The van der Waals surface area contributed by atoms with Crippen LogP contribution in [0.1, 0.15) is 16.1 Å². The van der Waals surface area contributed by atoms with Crippen LogP contribution in [0.5, 0.6) is 0 Å². The summed E-state index contributed by atoms with van der Waals surface area (Å²) in [6.07, 6.45) is 0.988. The number of sulfonamides is 1. The summed E-state index contributed by atoms with van der Waals surface area (Å²) in [6.45, 7) is 1.79. The van der Waals surface area contributed by atoms with Gasteiger partial charge in [-0.2, -0.15) is 5.10 Å². The van der Waals surface area contributed by atoms with E-state index in [9.17, 15) is 23.3 Å². The van der Waals surface area contributed by atoms with E-state index in [0.717, 1.165) is 16.4 Å². The minimum atomic E-state index is -3.82. The van der Waals surface area contributed by atoms with Crippen LogP contribution in [0, 0.1) is 17.0 Å². The van der Waals surface area contributed by atoms with Crippen molar-refractivity contribution in [1.82, 2.24) is 9.78 Å². The van der Waals surface area contributed by atoms with E-state index in [1.807, 2.05) is 0 Å². The number of carbonyl (C=O) groups excluding carboxylic acids is 1. The Balaban J connectivity index is 1.78. The third-order valence-electron chi connectivity index (χ3n) is 4.14. The third kappa shape index (κ3) is 4.24. The molecule has 0 aliphatic rings. The van der Waals surface area contributed by atoms with Gasteiger partial charge in [0, 0.05) is 12.7 Å². The van der Waals surface area contributed by atoms with E-state index in [1.165, 1.54) is 31.3 Å². The first kappa shape index (κ1) is 20.0. The van der Waals surface area contributed by atoms with E-state index >= 15 is 0 Å². The number of nitrogens with one attached hydrogen (secondary N) is 2. The number of nitro groups is 1. The second kappa shape index (κ2) is 7.72. The van der Waals surface area contributed by atoms with Crippen LogP contribution in [0.25, 0.3) is 0 Å². The Morgan fingerprint density at radius 2 is 1.79 bits per heavy atom. The Morgan fingerprint density at radius 1 is 1.14 bits per heavy atom. The fourth-order valence-corrected chi connectivity index (χ4v) is 3.75. The van der Waals surface area contributed by atoms with Gasteiger partial charge in [-0.05, 0) is 42.8 Å². The van der Waals surface area contributed by atoms with Crippen molar-refractivity contribution in [2.24, 2.45) is 7.05 Å². The zero-order valence-electron chi connectivity index (χ0n) is 15.5. The molecule has 29 heavy (non-hydrogen) atoms. The fraction of sp³-hybridized carbons (Fsp3) is 0.111. The number of aryl methyl sites for hydroxylation is 2. The highest BCUT2D eigenvalue weighted by Gasteiger charge is 2.25. The van der Waals surface area contributed by atoms with Crippen LogP contribution >= 0.6 is 0 Å². The number of rotatable bonds is 6. The molecule has 0 fully saturated rings. The number of nitrogens with zero attached hydrogens (tertiary/aromatic N) is 3. The summed E-state index contributed by atoms with van der Waals surface area (Å²) in [6, 6.07) is 12.4. The lowest BCUT2D eigenvalue weighted by atomic mass is 10.2. The maximum absolute atomic E-state index is 12.6. The second-order valence-corrected chi connectivity index (χ2v) is 7.84. The van der Waals surface area contributed by atoms with Crippen LogP contribution < -0.4 is 10.0 Å². The van der Waals surface area contributed by atoms with E-state index in [0.29, 0.717) is 5.69 Å². The molecule has 150 valence electrons. The summed E-state index contributed by atoms with van der Waals surface area (Å²) in [5.41, 5.74) is 0.881. The van der Waals surface area contributed by atoms with Crippen molar-refractivity contribution in [2.75, 3.05) is 10.0 Å². The largest absolute Gasteiger partial charge is 0.320 e. The third-order valence-corrected chi connectivity index (χ3v) is 5.52. The Kier molecular flexibility index (Phi) is 5.33. The maximum atomic E-state index is 12.6. The molecule has 3 rings (SSSR count). The van der Waals surface area contributed by atoms with Gasteiger partial charge in [-0.25, -0.2) is 8.42 Å². The molecule has 0 saturated carbocycles. The smallest absolute Gasteiger partial charge is 0.320 e. The Hall–Kier alpha value is -3.73. The van der Waals surface area contributed by atoms with Crippen molar-refractivity contribution in [1.29, 1.82) is 0 Å². The molecule has 1 aromatic heterocycles. The Labute approximate surface area is 166 Å². The van der Waals surface area contributed by atoms with Crippen LogP contribution in [-0.2, 0) is 17.1 Å². The van der Waals surface area contributed by atoms with Gasteiger partial charge >= 0.3 is 5.69 Å². The number of hydrogen-bond acceptors (Lipinski definition) is 6. The number of carbonyl (C=O) groups is 1. The van der Waals surface area contributed by atoms with Gasteiger partial charge < -0.3 is 5.32 Å². The van der Waals surface area contributed by atoms with Gasteiger partial charge in [-0.15, -0.1) is 0 Å². The normalized spacial score (nSPS) is 11.1. The minimum absolute atomic E-state index is 0.00488. The maximum Gasteiger partial charge on any atom is 0.320 e. The molecule has 0 aliphatic carbocycles. The lowest BCUT2D eigenvalue weighted by molar-refractivity contribution is -0.385. The van der Waals surface area contributed by atoms with Gasteiger partial charge in [-0.3, -0.25) is 24.3 Å². The molecule has 10 nitrogen and oxygen atoms in total. The van der Waals surface area contributed by atoms with Crippen molar-refractivity contribution in [3.63, 3.8) is 0 Å². The quantitative estimate of drug-likeness (QED) is 0.469. The molecule has 0 saturated heterocycles. The number of benzene rings is 2. The zero-order valence-corrected chi connectivity index (χ0v) is 16.3. The molecule has 1 amide bonds. The van der Waals surface area contributed by atoms with Crippen molar-refractivity contribution < 1.29 is 18.1 Å². The first-order valence-corrected chi connectivity index (χ1v) is 9.83. The highest BCUT2D eigenvalue weighted by molar-refractivity contribution is 7.92. The van der Waals surface area contributed by atoms with E-state index < -0.39 is 26.5 Å². The van der Waals surface area contributed by atoms with Crippen molar-refractivity contribution >= 4 is 33.0 Å². The van der Waals surface area contributed by atoms with Gasteiger partial charge in [0.2, 0.25) is 5.69 Å². The van der Waals surface area contributed by atoms with Crippen LogP contribution in [0.4, 0.5) is 17.1 Å². The average Bonchev–Trinajstić information content (AvgIpc) is 3.06. The van der Waals surface area contributed by atoms with Gasteiger partial charge in [0.15, 0.2) is 0 Å². The van der Waals surface area contributed by atoms with Gasteiger partial charge in [0.05, 0.1) is 15.5 Å². The predicted octanol–water partition coefficient (Wildman–Crippen LogP) is 2.69. The lowest BCUT2D eigenvalue weighted by Gasteiger charge is -2.11. The van der Waals surface area contributed by atoms with E-state index in [-0.39, 0.29) is 16.3 Å². The number of aromatic nitrogens is 2. The fourth-order valence-electron chi connectivity index (χ4n) is 2.62. The number of para-hydroxylation sites is 1. The van der Waals surface area contributed by atoms with Crippen LogP contribution in [0.15, 0.2) is 59.6 Å². The molecule has 0 radical (unpaired) electrons. The van der Waals surface area contributed by atoms with Crippen molar-refractivity contribution in [2.45, 2.75) is 11.8 Å². The highest BCUT2D eigenvalue weighted by Crippen LogP contribution is 2.22. The highest BCUT2D eigenvalue weighted by atomic mass is 32.2. The van der Waals surface area contributed by atoms with Crippen LogP contribution in [0.3, 0.4) is 0 Å². The van der Waals surface area contributed by atoms with Gasteiger partial charge in [-0.1, -0.05) is 18.2 Å². The summed E-state index contributed by atoms with van der Waals surface area (Å²) in [5, 5.41) is 17.2. The number of hydrogen-bond donors (Lipinski definition) is 2. The zero-order chi connectivity index (χ0) is 21.2. The minimum Gasteiger partial charge on any atom is -0.320 e. The molecule has 2 aromatic carbocycles. The molecule has 11 heteroatoms. The van der Waals surface area contributed by atoms with Crippen LogP contribution in [0.2, 0.25) is 0 Å². The molecule has 1 heterocycles. The standard InChI is InChI=1S/C18H17N5O5S/c1-12-5-3-4-6-15(12)21-29(27,28)14-9-7-13(8-10-14)20-18(24)17-16(23(25)26)11-19-22(17)2/h3-11,21H,1-2H3,(H,20,24). The molecule has 0 aliphatic heterocycles. The molecule has 0 bridgehead atoms.